The molecule has 0 amide bonds. The van der Waals surface area contributed by atoms with E-state index in [1.807, 2.05) is 13.8 Å². The van der Waals surface area contributed by atoms with E-state index in [9.17, 15) is 9.59 Å². The summed E-state index contributed by atoms with van der Waals surface area (Å²) in [5.74, 6) is -1.01. The van der Waals surface area contributed by atoms with E-state index >= 15 is 0 Å². The fraction of sp³-hybridized carbons (Fsp3) is 0.375. The van der Waals surface area contributed by atoms with E-state index in [-0.39, 0.29) is 13.2 Å². The number of carbonyl (C=O) groups is 2. The Labute approximate surface area is 150 Å². The molecule has 0 unspecified atom stereocenters. The van der Waals surface area contributed by atoms with Gasteiger partial charge in [-0.1, -0.05) is 57.2 Å². The fourth-order valence-electron chi connectivity index (χ4n) is 0.582. The first-order valence-corrected chi connectivity index (χ1v) is 8.56. The molecule has 0 rings (SSSR count). The highest BCUT2D eigenvalue weighted by Gasteiger charge is 2.09. The summed E-state index contributed by atoms with van der Waals surface area (Å²) >= 11 is 6.15. The molecule has 0 N–H and O–H groups in total. The Hall–Kier alpha value is -1.14. The molecule has 0 aromatic rings. The highest BCUT2D eigenvalue weighted by molar-refractivity contribution is 9.09. The summed E-state index contributed by atoms with van der Waals surface area (Å²) in [7, 11) is 0. The maximum atomic E-state index is 11.1. The van der Waals surface area contributed by atoms with Crippen LogP contribution in [0.4, 0.5) is 0 Å². The predicted octanol–water partition coefficient (Wildman–Crippen LogP) is 4.36. The van der Waals surface area contributed by atoms with Crippen LogP contribution in [0, 0.1) is 0 Å². The lowest BCUT2D eigenvalue weighted by Crippen LogP contribution is -2.16. The van der Waals surface area contributed by atoms with Gasteiger partial charge in [-0.15, -0.1) is 13.2 Å². The molecular formula is C16H24Br2O4. The zero-order valence-corrected chi connectivity index (χ0v) is 16.4. The molecule has 6 heteroatoms. The average molecular weight is 440 g/mol. The molecule has 0 saturated heterocycles. The standard InChI is InChI=1S/C10H12Br2O4.2C3H6/c1-7(5-11)9(13)15-3-4-16-10(14)8(2)6-12;2*1-3-2/h1-6H2;2*3H,1H2,2H3. The zero-order chi connectivity index (χ0) is 18.0. The largest absolute Gasteiger partial charge is 0.459 e. The third-order valence-corrected chi connectivity index (χ3v) is 2.80. The van der Waals surface area contributed by atoms with Crippen molar-refractivity contribution in [3.63, 3.8) is 0 Å². The van der Waals surface area contributed by atoms with Crippen LogP contribution in [0.3, 0.4) is 0 Å². The second-order valence-corrected chi connectivity index (χ2v) is 4.68. The summed E-state index contributed by atoms with van der Waals surface area (Å²) in [5.41, 5.74) is 0.632. The van der Waals surface area contributed by atoms with Crippen LogP contribution >= 0.6 is 31.9 Å². The molecule has 0 fully saturated rings. The molecule has 0 bridgehead atoms. The summed E-state index contributed by atoms with van der Waals surface area (Å²) in [5, 5.41) is 0.706. The van der Waals surface area contributed by atoms with Gasteiger partial charge in [0.2, 0.25) is 0 Å². The molecule has 0 saturated carbocycles. The van der Waals surface area contributed by atoms with Crippen LogP contribution in [0.2, 0.25) is 0 Å². The lowest BCUT2D eigenvalue weighted by atomic mass is 10.4. The van der Waals surface area contributed by atoms with Crippen LogP contribution in [0.25, 0.3) is 0 Å². The summed E-state index contributed by atoms with van der Waals surface area (Å²) < 4.78 is 9.54. The summed E-state index contributed by atoms with van der Waals surface area (Å²) in [4.78, 5) is 22.2. The molecule has 0 aromatic heterocycles. The second kappa shape index (κ2) is 19.9. The van der Waals surface area contributed by atoms with Gasteiger partial charge >= 0.3 is 11.9 Å². The van der Waals surface area contributed by atoms with Crippen LogP contribution in [0.1, 0.15) is 13.8 Å². The summed E-state index contributed by atoms with van der Waals surface area (Å²) in [6.07, 6.45) is 3.50. The van der Waals surface area contributed by atoms with Gasteiger partial charge in [-0.2, -0.15) is 0 Å². The number of alkyl halides is 2. The Morgan fingerprint density at radius 3 is 1.27 bits per heavy atom. The van der Waals surface area contributed by atoms with E-state index in [1.165, 1.54) is 0 Å². The Bertz CT molecular complexity index is 340. The van der Waals surface area contributed by atoms with Crippen molar-refractivity contribution in [1.82, 2.24) is 0 Å². The van der Waals surface area contributed by atoms with E-state index in [1.54, 1.807) is 12.2 Å². The molecule has 4 nitrogen and oxygen atoms in total. The smallest absolute Gasteiger partial charge is 0.334 e. The van der Waals surface area contributed by atoms with Crippen molar-refractivity contribution in [2.75, 3.05) is 23.9 Å². The number of allylic oxidation sites excluding steroid dienone is 2. The van der Waals surface area contributed by atoms with E-state index in [0.29, 0.717) is 21.8 Å². The zero-order valence-electron chi connectivity index (χ0n) is 13.2. The molecule has 0 aliphatic rings. The van der Waals surface area contributed by atoms with Gasteiger partial charge in [0.1, 0.15) is 13.2 Å². The van der Waals surface area contributed by atoms with Crippen molar-refractivity contribution in [2.24, 2.45) is 0 Å². The summed E-state index contributed by atoms with van der Waals surface area (Å²) in [6.45, 7) is 17.5. The minimum atomic E-state index is -0.507. The fourth-order valence-corrected chi connectivity index (χ4v) is 1.04. The van der Waals surface area contributed by atoms with Crippen molar-refractivity contribution in [1.29, 1.82) is 0 Å². The minimum absolute atomic E-state index is 0.00611. The van der Waals surface area contributed by atoms with Gasteiger partial charge in [-0.3, -0.25) is 0 Å². The van der Waals surface area contributed by atoms with E-state index in [4.69, 9.17) is 9.47 Å². The number of hydrogen-bond donors (Lipinski definition) is 0. The number of ether oxygens (including phenoxy) is 2. The Kier molecular flexibility index (Phi) is 23.3. The van der Waals surface area contributed by atoms with Gasteiger partial charge in [0.25, 0.3) is 0 Å². The monoisotopic (exact) mass is 438 g/mol. The molecular weight excluding hydrogens is 416 g/mol. The van der Waals surface area contributed by atoms with Crippen LogP contribution in [0.5, 0.6) is 0 Å². The molecule has 0 atom stereocenters. The van der Waals surface area contributed by atoms with E-state index in [0.717, 1.165) is 0 Å². The minimum Gasteiger partial charge on any atom is -0.459 e. The van der Waals surface area contributed by atoms with E-state index < -0.39 is 11.9 Å². The predicted molar refractivity (Wildman–Crippen MR) is 99.5 cm³/mol. The Morgan fingerprint density at radius 1 is 0.864 bits per heavy atom. The molecule has 0 heterocycles. The third-order valence-electron chi connectivity index (χ3n) is 1.45. The maximum Gasteiger partial charge on any atom is 0.334 e. The Morgan fingerprint density at radius 2 is 1.09 bits per heavy atom. The van der Waals surface area contributed by atoms with Crippen molar-refractivity contribution < 1.29 is 19.1 Å². The van der Waals surface area contributed by atoms with Gasteiger partial charge in [0.15, 0.2) is 0 Å². The number of hydrogen-bond acceptors (Lipinski definition) is 4. The van der Waals surface area contributed by atoms with Crippen molar-refractivity contribution in [2.45, 2.75) is 13.8 Å². The van der Waals surface area contributed by atoms with Gasteiger partial charge < -0.3 is 9.47 Å². The number of carbonyl (C=O) groups excluding carboxylic acids is 2. The highest BCUT2D eigenvalue weighted by atomic mass is 79.9. The summed E-state index contributed by atoms with van der Waals surface area (Å²) in [6, 6.07) is 0. The molecule has 0 aliphatic carbocycles. The third kappa shape index (κ3) is 18.9. The van der Waals surface area contributed by atoms with Crippen LogP contribution in [0.15, 0.2) is 49.6 Å². The maximum absolute atomic E-state index is 11.1. The molecule has 22 heavy (non-hydrogen) atoms. The molecule has 126 valence electrons. The van der Waals surface area contributed by atoms with Crippen molar-refractivity contribution in [3.8, 4) is 0 Å². The van der Waals surface area contributed by atoms with Crippen LogP contribution in [-0.2, 0) is 19.1 Å². The first-order valence-electron chi connectivity index (χ1n) is 6.31. The van der Waals surface area contributed by atoms with Crippen molar-refractivity contribution in [3.05, 3.63) is 49.6 Å². The molecule has 0 aliphatic heterocycles. The lowest BCUT2D eigenvalue weighted by molar-refractivity contribution is -0.147. The van der Waals surface area contributed by atoms with Gasteiger partial charge in [-0.05, 0) is 13.8 Å². The Balaban J connectivity index is -0.000000515. The van der Waals surface area contributed by atoms with Gasteiger partial charge in [-0.25, -0.2) is 9.59 Å². The highest BCUT2D eigenvalue weighted by Crippen LogP contribution is 2.01. The topological polar surface area (TPSA) is 52.6 Å². The number of rotatable bonds is 7. The molecule has 0 radical (unpaired) electrons. The van der Waals surface area contributed by atoms with Crippen LogP contribution < -0.4 is 0 Å². The van der Waals surface area contributed by atoms with Gasteiger partial charge in [0, 0.05) is 21.8 Å². The second-order valence-electron chi connectivity index (χ2n) is 3.56. The normalized spacial score (nSPS) is 8.00. The molecule has 0 spiro atoms. The average Bonchev–Trinajstić information content (AvgIpc) is 2.50. The lowest BCUT2D eigenvalue weighted by Gasteiger charge is -2.06. The first kappa shape index (κ1) is 25.8. The van der Waals surface area contributed by atoms with Crippen LogP contribution in [-0.4, -0.2) is 35.8 Å². The van der Waals surface area contributed by atoms with E-state index in [2.05, 4.69) is 58.2 Å². The molecule has 0 aromatic carbocycles. The number of esters is 2. The number of halogens is 2. The quantitative estimate of drug-likeness (QED) is 0.194. The van der Waals surface area contributed by atoms with Gasteiger partial charge in [0.05, 0.1) is 0 Å². The first-order chi connectivity index (χ1) is 10.4. The SMILES string of the molecule is C=C(CBr)C(=O)OCCOC(=O)C(=C)CBr.C=CC.C=CC. The van der Waals surface area contributed by atoms with Crippen molar-refractivity contribution >= 4 is 43.8 Å².